The summed E-state index contributed by atoms with van der Waals surface area (Å²) in [5.41, 5.74) is 4.32. The molecule has 0 N–H and O–H groups in total. The van der Waals surface area contributed by atoms with Crippen molar-refractivity contribution < 1.29 is 0 Å². The number of hydrogen-bond acceptors (Lipinski definition) is 1. The molecule has 0 saturated heterocycles. The Labute approximate surface area is 115 Å². The molecule has 2 aromatic carbocycles. The van der Waals surface area contributed by atoms with E-state index in [0.717, 1.165) is 6.42 Å². The molecule has 0 aliphatic carbocycles. The topological polar surface area (TPSA) is 3.24 Å². The molecule has 0 aromatic heterocycles. The lowest BCUT2D eigenvalue weighted by Crippen LogP contribution is -2.22. The van der Waals surface area contributed by atoms with Crippen LogP contribution < -0.4 is 4.90 Å². The molecule has 2 aromatic rings. The molecule has 0 fully saturated rings. The van der Waals surface area contributed by atoms with Crippen LogP contribution in [0.3, 0.4) is 0 Å². The first-order valence-electron chi connectivity index (χ1n) is 7.04. The molecule has 19 heavy (non-hydrogen) atoms. The average molecular weight is 251 g/mol. The van der Waals surface area contributed by atoms with E-state index in [1.165, 1.54) is 27.7 Å². The van der Waals surface area contributed by atoms with Crippen molar-refractivity contribution in [3.63, 3.8) is 0 Å². The Hall–Kier alpha value is -1.76. The maximum absolute atomic E-state index is 2.36. The Morgan fingerprint density at radius 1 is 1.11 bits per heavy atom. The van der Waals surface area contributed by atoms with Crippen LogP contribution in [0.5, 0.6) is 0 Å². The normalized spacial score (nSPS) is 19.2. The highest BCUT2D eigenvalue weighted by Gasteiger charge is 2.39. The fraction of sp³-hybridized carbons (Fsp3) is 0.333. The van der Waals surface area contributed by atoms with Crippen molar-refractivity contribution in [2.24, 2.45) is 0 Å². The second-order valence-electron chi connectivity index (χ2n) is 5.86. The predicted octanol–water partition coefficient (Wildman–Crippen LogP) is 4.86. The second kappa shape index (κ2) is 4.12. The van der Waals surface area contributed by atoms with Gasteiger partial charge in [0.25, 0.3) is 0 Å². The van der Waals surface area contributed by atoms with Gasteiger partial charge in [-0.2, -0.15) is 0 Å². The summed E-state index contributed by atoms with van der Waals surface area (Å²) in [5.74, 6) is 0. The Kier molecular flexibility index (Phi) is 2.67. The molecule has 0 spiro atoms. The molecule has 0 bridgehead atoms. The summed E-state index contributed by atoms with van der Waals surface area (Å²) in [5, 5.41) is 2.72. The van der Waals surface area contributed by atoms with Crippen LogP contribution in [0.2, 0.25) is 0 Å². The van der Waals surface area contributed by atoms with E-state index in [1.54, 1.807) is 0 Å². The second-order valence-corrected chi connectivity index (χ2v) is 5.86. The molecule has 1 heteroatoms. The molecular weight excluding hydrogens is 230 g/mol. The Morgan fingerprint density at radius 2 is 1.84 bits per heavy atom. The van der Waals surface area contributed by atoms with Gasteiger partial charge in [0.1, 0.15) is 0 Å². The van der Waals surface area contributed by atoms with Gasteiger partial charge in [0.2, 0.25) is 0 Å². The third-order valence-corrected chi connectivity index (χ3v) is 4.29. The minimum absolute atomic E-state index is 0.0843. The van der Waals surface area contributed by atoms with Crippen molar-refractivity contribution in [3.05, 3.63) is 53.7 Å². The quantitative estimate of drug-likeness (QED) is 0.699. The van der Waals surface area contributed by atoms with Crippen molar-refractivity contribution in [1.29, 1.82) is 0 Å². The van der Waals surface area contributed by atoms with E-state index in [-0.39, 0.29) is 5.41 Å². The number of allylic oxidation sites excluding steroid dienone is 2. The summed E-state index contributed by atoms with van der Waals surface area (Å²) in [6.07, 6.45) is 3.43. The maximum atomic E-state index is 2.36. The molecule has 1 heterocycles. The lowest BCUT2D eigenvalue weighted by Gasteiger charge is -2.24. The van der Waals surface area contributed by atoms with Gasteiger partial charge in [-0.05, 0) is 28.8 Å². The predicted molar refractivity (Wildman–Crippen MR) is 83.8 cm³/mol. The van der Waals surface area contributed by atoms with E-state index in [9.17, 15) is 0 Å². The van der Waals surface area contributed by atoms with Crippen LogP contribution in [0.25, 0.3) is 10.8 Å². The van der Waals surface area contributed by atoms with Crippen molar-refractivity contribution in [3.8, 4) is 0 Å². The van der Waals surface area contributed by atoms with Crippen LogP contribution in [0, 0.1) is 0 Å². The molecule has 1 aliphatic heterocycles. The summed E-state index contributed by atoms with van der Waals surface area (Å²) >= 11 is 0. The SMILES string of the molecule is CC/C=C1/N(C)c2ccc3ccccc3c2C1(C)C. The summed E-state index contributed by atoms with van der Waals surface area (Å²) in [4.78, 5) is 2.35. The van der Waals surface area contributed by atoms with Gasteiger partial charge in [-0.1, -0.05) is 57.2 Å². The molecule has 0 unspecified atom stereocenters. The van der Waals surface area contributed by atoms with E-state index in [4.69, 9.17) is 0 Å². The summed E-state index contributed by atoms with van der Waals surface area (Å²) in [6, 6.07) is 13.2. The van der Waals surface area contributed by atoms with Crippen LogP contribution in [0.4, 0.5) is 5.69 Å². The van der Waals surface area contributed by atoms with E-state index in [1.807, 2.05) is 0 Å². The molecule has 0 atom stereocenters. The van der Waals surface area contributed by atoms with Gasteiger partial charge >= 0.3 is 0 Å². The van der Waals surface area contributed by atoms with Gasteiger partial charge < -0.3 is 4.90 Å². The van der Waals surface area contributed by atoms with Crippen molar-refractivity contribution in [2.75, 3.05) is 11.9 Å². The highest BCUT2D eigenvalue weighted by atomic mass is 15.2. The Morgan fingerprint density at radius 3 is 2.58 bits per heavy atom. The van der Waals surface area contributed by atoms with E-state index in [2.05, 4.69) is 75.2 Å². The zero-order valence-corrected chi connectivity index (χ0v) is 12.2. The highest BCUT2D eigenvalue weighted by molar-refractivity contribution is 5.94. The zero-order valence-electron chi connectivity index (χ0n) is 12.2. The van der Waals surface area contributed by atoms with Crippen molar-refractivity contribution >= 4 is 16.5 Å². The standard InChI is InChI=1S/C18H21N/c1-5-8-16-18(2,3)17-14-10-7-6-9-13(14)11-12-15(17)19(16)4/h6-12H,5H2,1-4H3/b16-8+. The van der Waals surface area contributed by atoms with Gasteiger partial charge in [-0.3, -0.25) is 0 Å². The monoisotopic (exact) mass is 251 g/mol. The highest BCUT2D eigenvalue weighted by Crippen LogP contribution is 2.49. The third kappa shape index (κ3) is 1.61. The number of nitrogens with zero attached hydrogens (tertiary/aromatic N) is 1. The Balaban J connectivity index is 2.37. The minimum Gasteiger partial charge on any atom is -0.347 e. The van der Waals surface area contributed by atoms with Crippen LogP contribution in [-0.4, -0.2) is 7.05 Å². The molecule has 98 valence electrons. The molecule has 0 radical (unpaired) electrons. The van der Waals surface area contributed by atoms with E-state index in [0.29, 0.717) is 0 Å². The van der Waals surface area contributed by atoms with Gasteiger partial charge in [-0.15, -0.1) is 0 Å². The van der Waals surface area contributed by atoms with E-state index < -0.39 is 0 Å². The van der Waals surface area contributed by atoms with Crippen LogP contribution >= 0.6 is 0 Å². The van der Waals surface area contributed by atoms with Gasteiger partial charge in [-0.25, -0.2) is 0 Å². The molecule has 1 nitrogen and oxygen atoms in total. The summed E-state index contributed by atoms with van der Waals surface area (Å²) in [7, 11) is 2.18. The number of hydrogen-bond donors (Lipinski definition) is 0. The smallest absolute Gasteiger partial charge is 0.0454 e. The first kappa shape index (κ1) is 12.3. The average Bonchev–Trinajstić information content (AvgIpc) is 2.60. The maximum Gasteiger partial charge on any atom is 0.0454 e. The van der Waals surface area contributed by atoms with Crippen molar-refractivity contribution in [2.45, 2.75) is 32.6 Å². The molecule has 3 rings (SSSR count). The molecule has 0 saturated carbocycles. The van der Waals surface area contributed by atoms with Crippen molar-refractivity contribution in [1.82, 2.24) is 0 Å². The third-order valence-electron chi connectivity index (χ3n) is 4.29. The van der Waals surface area contributed by atoms with Crippen LogP contribution in [0.15, 0.2) is 48.2 Å². The number of anilines is 1. The summed E-state index contributed by atoms with van der Waals surface area (Å²) in [6.45, 7) is 6.88. The largest absolute Gasteiger partial charge is 0.347 e. The summed E-state index contributed by atoms with van der Waals surface area (Å²) < 4.78 is 0. The lowest BCUT2D eigenvalue weighted by atomic mass is 9.81. The van der Waals surface area contributed by atoms with Crippen LogP contribution in [0.1, 0.15) is 32.8 Å². The number of likely N-dealkylation sites (N-methyl/N-ethyl adjacent to an activating group) is 1. The number of benzene rings is 2. The zero-order chi connectivity index (χ0) is 13.6. The first-order chi connectivity index (χ1) is 9.07. The first-order valence-corrected chi connectivity index (χ1v) is 7.04. The fourth-order valence-electron chi connectivity index (χ4n) is 3.46. The lowest BCUT2D eigenvalue weighted by molar-refractivity contribution is 0.641. The Bertz CT molecular complexity index is 664. The molecular formula is C18H21N. The van der Waals surface area contributed by atoms with Gasteiger partial charge in [0.15, 0.2) is 0 Å². The fourth-order valence-corrected chi connectivity index (χ4v) is 3.46. The van der Waals surface area contributed by atoms with E-state index >= 15 is 0 Å². The number of rotatable bonds is 1. The molecule has 1 aliphatic rings. The van der Waals surface area contributed by atoms with Gasteiger partial charge in [0, 0.05) is 23.8 Å². The van der Waals surface area contributed by atoms with Gasteiger partial charge in [0.05, 0.1) is 0 Å². The van der Waals surface area contributed by atoms with Crippen LogP contribution in [-0.2, 0) is 5.41 Å². The number of fused-ring (bicyclic) bond motifs is 3. The molecule has 0 amide bonds. The minimum atomic E-state index is 0.0843.